The minimum absolute atomic E-state index is 0.594. The fourth-order valence-corrected chi connectivity index (χ4v) is 1.05. The summed E-state index contributed by atoms with van der Waals surface area (Å²) in [5, 5.41) is 19.1. The molecule has 0 aliphatic carbocycles. The summed E-state index contributed by atoms with van der Waals surface area (Å²) in [6, 6.07) is 0. The van der Waals surface area contributed by atoms with Crippen molar-refractivity contribution in [3.05, 3.63) is 11.6 Å². The minimum Gasteiger partial charge on any atom is -0.380 e. The van der Waals surface area contributed by atoms with Crippen LogP contribution >= 0.6 is 0 Å². The van der Waals surface area contributed by atoms with Crippen molar-refractivity contribution in [2.45, 2.75) is 58.7 Å². The zero-order valence-electron chi connectivity index (χ0n) is 10.2. The van der Waals surface area contributed by atoms with Gasteiger partial charge in [0.1, 0.15) is 11.7 Å². The third-order valence-electron chi connectivity index (χ3n) is 2.08. The molecule has 2 nitrogen and oxygen atoms in total. The van der Waals surface area contributed by atoms with E-state index in [1.54, 1.807) is 6.92 Å². The van der Waals surface area contributed by atoms with Crippen molar-refractivity contribution in [3.63, 3.8) is 0 Å². The van der Waals surface area contributed by atoms with Crippen LogP contribution < -0.4 is 0 Å². The van der Waals surface area contributed by atoms with Crippen LogP contribution in [0.1, 0.15) is 47.0 Å². The van der Waals surface area contributed by atoms with Crippen molar-refractivity contribution in [1.82, 2.24) is 0 Å². The Morgan fingerprint density at radius 1 is 1.47 bits per heavy atom. The minimum atomic E-state index is -0.998. The van der Waals surface area contributed by atoms with Crippen LogP contribution in [-0.2, 0) is 0 Å². The first-order valence-electron chi connectivity index (χ1n) is 5.44. The number of aliphatic hydroxyl groups is 2. The normalized spacial score (nSPS) is 15.9. The molecule has 0 spiro atoms. The highest BCUT2D eigenvalue weighted by molar-refractivity contribution is 5.15. The first kappa shape index (κ1) is 14.2. The van der Waals surface area contributed by atoms with Crippen LogP contribution in [0.5, 0.6) is 0 Å². The zero-order chi connectivity index (χ0) is 11.9. The zero-order valence-corrected chi connectivity index (χ0v) is 10.2. The average molecular weight is 210 g/mol. The summed E-state index contributed by atoms with van der Waals surface area (Å²) in [6.45, 7) is 7.60. The fourth-order valence-electron chi connectivity index (χ4n) is 1.05. The van der Waals surface area contributed by atoms with E-state index >= 15 is 0 Å². The molecule has 0 rings (SSSR count). The molecule has 0 aromatic heterocycles. The lowest BCUT2D eigenvalue weighted by Gasteiger charge is -2.15. The van der Waals surface area contributed by atoms with Crippen molar-refractivity contribution in [2.75, 3.05) is 0 Å². The van der Waals surface area contributed by atoms with Crippen molar-refractivity contribution in [2.24, 2.45) is 0 Å². The molecule has 0 heterocycles. The Balaban J connectivity index is 4.16. The van der Waals surface area contributed by atoms with E-state index < -0.39 is 11.7 Å². The van der Waals surface area contributed by atoms with Crippen molar-refractivity contribution in [3.8, 4) is 11.8 Å². The number of rotatable bonds is 4. The Hall–Kier alpha value is -0.780. The van der Waals surface area contributed by atoms with E-state index in [4.69, 9.17) is 0 Å². The molecule has 0 unspecified atom stereocenters. The molecular weight excluding hydrogens is 188 g/mol. The summed E-state index contributed by atoms with van der Waals surface area (Å²) in [4.78, 5) is 0. The van der Waals surface area contributed by atoms with E-state index in [1.165, 1.54) is 5.57 Å². The second-order valence-electron chi connectivity index (χ2n) is 4.29. The molecule has 0 aromatic rings. The predicted molar refractivity (Wildman–Crippen MR) is 63.4 cm³/mol. The Labute approximate surface area is 93.0 Å². The van der Waals surface area contributed by atoms with Crippen LogP contribution in [-0.4, -0.2) is 21.9 Å². The molecule has 2 heteroatoms. The van der Waals surface area contributed by atoms with E-state index in [2.05, 4.69) is 17.9 Å². The fraction of sp³-hybridized carbons (Fsp3) is 0.692. The van der Waals surface area contributed by atoms with Gasteiger partial charge in [-0.3, -0.25) is 0 Å². The first-order chi connectivity index (χ1) is 6.87. The van der Waals surface area contributed by atoms with Gasteiger partial charge in [0.15, 0.2) is 0 Å². The summed E-state index contributed by atoms with van der Waals surface area (Å²) in [5.74, 6) is 5.36. The predicted octanol–water partition coefficient (Wildman–Crippen LogP) is 2.26. The van der Waals surface area contributed by atoms with E-state index in [-0.39, 0.29) is 0 Å². The summed E-state index contributed by atoms with van der Waals surface area (Å²) < 4.78 is 0. The van der Waals surface area contributed by atoms with Crippen LogP contribution in [0.25, 0.3) is 0 Å². The molecule has 0 amide bonds. The number of aliphatic hydroxyl groups excluding tert-OH is 1. The summed E-state index contributed by atoms with van der Waals surface area (Å²) in [6.07, 6.45) is 3.46. The van der Waals surface area contributed by atoms with Gasteiger partial charge in [-0.1, -0.05) is 30.4 Å². The molecule has 0 saturated carbocycles. The van der Waals surface area contributed by atoms with E-state index in [9.17, 15) is 10.2 Å². The molecule has 0 radical (unpaired) electrons. The van der Waals surface area contributed by atoms with Gasteiger partial charge >= 0.3 is 0 Å². The van der Waals surface area contributed by atoms with E-state index in [0.29, 0.717) is 12.8 Å². The summed E-state index contributed by atoms with van der Waals surface area (Å²) in [5.41, 5.74) is 0.245. The van der Waals surface area contributed by atoms with Gasteiger partial charge in [-0.25, -0.2) is 0 Å². The van der Waals surface area contributed by atoms with Gasteiger partial charge in [0, 0.05) is 0 Å². The lowest BCUT2D eigenvalue weighted by Crippen LogP contribution is -2.21. The lowest BCUT2D eigenvalue weighted by atomic mass is 9.99. The molecule has 15 heavy (non-hydrogen) atoms. The third kappa shape index (κ3) is 8.23. The van der Waals surface area contributed by atoms with Crippen LogP contribution in [0.4, 0.5) is 0 Å². The number of allylic oxidation sites excluding steroid dienone is 2. The van der Waals surface area contributed by atoms with Gasteiger partial charge < -0.3 is 10.2 Å². The van der Waals surface area contributed by atoms with Crippen molar-refractivity contribution < 1.29 is 10.2 Å². The standard InChI is InChI=1S/C13H22O2/c1-5-12(14)8-10-13(4,15)9-6-7-11(2)3/h7,12,14-15H,5-6,9H2,1-4H3/t12-,13+/m1/s1. The second kappa shape index (κ2) is 6.66. The second-order valence-corrected chi connectivity index (χ2v) is 4.29. The van der Waals surface area contributed by atoms with Crippen LogP contribution in [0, 0.1) is 11.8 Å². The molecule has 2 atom stereocenters. The smallest absolute Gasteiger partial charge is 0.123 e. The highest BCUT2D eigenvalue weighted by atomic mass is 16.3. The van der Waals surface area contributed by atoms with Gasteiger partial charge in [-0.15, -0.1) is 0 Å². The summed E-state index contributed by atoms with van der Waals surface area (Å²) >= 11 is 0. The Kier molecular flexibility index (Phi) is 6.31. The lowest BCUT2D eigenvalue weighted by molar-refractivity contribution is 0.112. The van der Waals surface area contributed by atoms with Gasteiger partial charge in [0.05, 0.1) is 0 Å². The molecular formula is C13H22O2. The highest BCUT2D eigenvalue weighted by Crippen LogP contribution is 2.12. The van der Waals surface area contributed by atoms with Gasteiger partial charge in [-0.05, 0) is 40.0 Å². The molecule has 0 fully saturated rings. The third-order valence-corrected chi connectivity index (χ3v) is 2.08. The van der Waals surface area contributed by atoms with Crippen LogP contribution in [0.15, 0.2) is 11.6 Å². The summed E-state index contributed by atoms with van der Waals surface area (Å²) in [7, 11) is 0. The molecule has 0 bridgehead atoms. The topological polar surface area (TPSA) is 40.5 Å². The van der Waals surface area contributed by atoms with Gasteiger partial charge in [0.2, 0.25) is 0 Å². The largest absolute Gasteiger partial charge is 0.380 e. The van der Waals surface area contributed by atoms with Crippen molar-refractivity contribution >= 4 is 0 Å². The molecule has 0 aromatic carbocycles. The van der Waals surface area contributed by atoms with Crippen molar-refractivity contribution in [1.29, 1.82) is 0 Å². The quantitative estimate of drug-likeness (QED) is 0.552. The maximum Gasteiger partial charge on any atom is 0.123 e. The Bertz CT molecular complexity index is 262. The maximum absolute atomic E-state index is 9.86. The molecule has 0 aliphatic heterocycles. The van der Waals surface area contributed by atoms with Gasteiger partial charge in [-0.2, -0.15) is 0 Å². The Morgan fingerprint density at radius 2 is 2.07 bits per heavy atom. The monoisotopic (exact) mass is 210 g/mol. The molecule has 86 valence electrons. The van der Waals surface area contributed by atoms with Gasteiger partial charge in [0.25, 0.3) is 0 Å². The van der Waals surface area contributed by atoms with E-state index in [1.807, 2.05) is 20.8 Å². The SMILES string of the molecule is CC[C@@H](O)C#C[C@@](C)(O)CCC=C(C)C. The highest BCUT2D eigenvalue weighted by Gasteiger charge is 2.15. The van der Waals surface area contributed by atoms with Crippen LogP contribution in [0.3, 0.4) is 0 Å². The Morgan fingerprint density at radius 3 is 2.53 bits per heavy atom. The maximum atomic E-state index is 9.86. The van der Waals surface area contributed by atoms with Crippen LogP contribution in [0.2, 0.25) is 0 Å². The number of hydrogen-bond acceptors (Lipinski definition) is 2. The van der Waals surface area contributed by atoms with E-state index in [0.717, 1.165) is 6.42 Å². The molecule has 0 aliphatic rings. The average Bonchev–Trinajstić information content (AvgIpc) is 2.13. The number of hydrogen-bond donors (Lipinski definition) is 2. The molecule has 2 N–H and O–H groups in total. The first-order valence-corrected chi connectivity index (χ1v) is 5.44. The molecule has 0 saturated heterocycles.